The maximum atomic E-state index is 11.8. The van der Waals surface area contributed by atoms with Gasteiger partial charge in [-0.1, -0.05) is 0 Å². The first-order chi connectivity index (χ1) is 11.1. The average molecular weight is 315 g/mol. The first-order valence-corrected chi connectivity index (χ1v) is 7.33. The summed E-state index contributed by atoms with van der Waals surface area (Å²) in [6, 6.07) is 7.74. The minimum absolute atomic E-state index is 0.0530. The van der Waals surface area contributed by atoms with Gasteiger partial charge in [0.2, 0.25) is 5.91 Å². The van der Waals surface area contributed by atoms with Crippen molar-refractivity contribution < 1.29 is 19.4 Å². The molecule has 0 bridgehead atoms. The molecule has 0 fully saturated rings. The molecule has 1 aliphatic heterocycles. The third-order valence-corrected chi connectivity index (χ3v) is 3.77. The van der Waals surface area contributed by atoms with E-state index in [2.05, 4.69) is 16.5 Å². The number of carboxylic acid groups (broad SMARTS) is 1. The largest absolute Gasteiger partial charge is 0.497 e. The van der Waals surface area contributed by atoms with Crippen LogP contribution in [-0.4, -0.2) is 35.6 Å². The maximum Gasteiger partial charge on any atom is 0.303 e. The van der Waals surface area contributed by atoms with Crippen LogP contribution in [0, 0.1) is 0 Å². The topological polar surface area (TPSA) is 91.8 Å². The van der Waals surface area contributed by atoms with Crippen molar-refractivity contribution in [2.24, 2.45) is 0 Å². The fourth-order valence-electron chi connectivity index (χ4n) is 2.60. The number of aromatic nitrogens is 1. The van der Waals surface area contributed by atoms with Gasteiger partial charge in [-0.25, -0.2) is 4.98 Å². The number of anilines is 1. The number of rotatable bonds is 5. The van der Waals surface area contributed by atoms with E-state index in [1.807, 2.05) is 18.2 Å². The molecule has 1 aliphatic rings. The summed E-state index contributed by atoms with van der Waals surface area (Å²) in [5, 5.41) is 11.3. The summed E-state index contributed by atoms with van der Waals surface area (Å²) >= 11 is 0. The maximum absolute atomic E-state index is 11.8. The Kier molecular flexibility index (Phi) is 4.01. The molecular formula is C16H17N3O4. The van der Waals surface area contributed by atoms with Gasteiger partial charge in [-0.15, -0.1) is 0 Å². The third kappa shape index (κ3) is 3.18. The molecule has 0 aliphatic carbocycles. The van der Waals surface area contributed by atoms with E-state index in [9.17, 15) is 9.59 Å². The van der Waals surface area contributed by atoms with Crippen LogP contribution in [0.4, 0.5) is 5.82 Å². The van der Waals surface area contributed by atoms with Crippen LogP contribution in [0.1, 0.15) is 18.4 Å². The number of hydrogen-bond acceptors (Lipinski definition) is 5. The summed E-state index contributed by atoms with van der Waals surface area (Å²) in [6.07, 6.45) is 0.543. The zero-order chi connectivity index (χ0) is 16.4. The van der Waals surface area contributed by atoms with Crippen molar-refractivity contribution in [1.82, 2.24) is 10.4 Å². The van der Waals surface area contributed by atoms with Gasteiger partial charge in [-0.05, 0) is 30.2 Å². The zero-order valence-corrected chi connectivity index (χ0v) is 12.7. The number of aliphatic carboxylic acids is 1. The number of amides is 1. The van der Waals surface area contributed by atoms with E-state index in [0.717, 1.165) is 28.6 Å². The van der Waals surface area contributed by atoms with E-state index < -0.39 is 5.97 Å². The number of hydrazine groups is 1. The first-order valence-electron chi connectivity index (χ1n) is 7.33. The van der Waals surface area contributed by atoms with E-state index in [0.29, 0.717) is 12.4 Å². The summed E-state index contributed by atoms with van der Waals surface area (Å²) < 4.78 is 5.21. The second-order valence-electron chi connectivity index (χ2n) is 5.36. The predicted octanol–water partition coefficient (Wildman–Crippen LogP) is 1.50. The lowest BCUT2D eigenvalue weighted by molar-refractivity contribution is -0.138. The molecular weight excluding hydrogens is 298 g/mol. The number of fused-ring (bicyclic) bond motifs is 2. The van der Waals surface area contributed by atoms with E-state index >= 15 is 0 Å². The SMILES string of the molecule is COc1ccc2cc3c(nc2c1)N(NC(=O)CCC(=O)O)CC3. The molecule has 2 N–H and O–H groups in total. The summed E-state index contributed by atoms with van der Waals surface area (Å²) in [5.74, 6) is 0.111. The number of nitrogens with zero attached hydrogens (tertiary/aromatic N) is 2. The number of carboxylic acids is 1. The fourth-order valence-corrected chi connectivity index (χ4v) is 2.60. The molecule has 3 rings (SSSR count). The lowest BCUT2D eigenvalue weighted by atomic mass is 10.1. The van der Waals surface area contributed by atoms with Crippen molar-refractivity contribution >= 4 is 28.6 Å². The highest BCUT2D eigenvalue weighted by Gasteiger charge is 2.23. The highest BCUT2D eigenvalue weighted by atomic mass is 16.5. The van der Waals surface area contributed by atoms with Crippen LogP contribution in [0.15, 0.2) is 24.3 Å². The molecule has 1 amide bonds. The van der Waals surface area contributed by atoms with Gasteiger partial charge in [-0.2, -0.15) is 0 Å². The molecule has 1 aromatic heterocycles. The summed E-state index contributed by atoms with van der Waals surface area (Å²) in [6.45, 7) is 0.620. The Morgan fingerprint density at radius 2 is 2.17 bits per heavy atom. The number of carbonyl (C=O) groups is 2. The fraction of sp³-hybridized carbons (Fsp3) is 0.312. The van der Waals surface area contributed by atoms with Crippen molar-refractivity contribution in [1.29, 1.82) is 0 Å². The van der Waals surface area contributed by atoms with E-state index in [1.54, 1.807) is 12.1 Å². The van der Waals surface area contributed by atoms with Crippen LogP contribution in [0.3, 0.4) is 0 Å². The van der Waals surface area contributed by atoms with Crippen LogP contribution in [0.2, 0.25) is 0 Å². The first kappa shape index (κ1) is 15.1. The van der Waals surface area contributed by atoms with Crippen LogP contribution < -0.4 is 15.2 Å². The summed E-state index contributed by atoms with van der Waals surface area (Å²) in [4.78, 5) is 27.0. The highest BCUT2D eigenvalue weighted by molar-refractivity contribution is 5.85. The smallest absolute Gasteiger partial charge is 0.303 e. The molecule has 120 valence electrons. The molecule has 0 saturated heterocycles. The second-order valence-corrected chi connectivity index (χ2v) is 5.36. The molecule has 0 unspecified atom stereocenters. The third-order valence-electron chi connectivity index (χ3n) is 3.77. The highest BCUT2D eigenvalue weighted by Crippen LogP contribution is 2.29. The van der Waals surface area contributed by atoms with Gasteiger partial charge in [0.15, 0.2) is 5.82 Å². The van der Waals surface area contributed by atoms with Crippen LogP contribution in [-0.2, 0) is 16.0 Å². The normalized spacial score (nSPS) is 13.0. The Bertz CT molecular complexity index is 775. The molecule has 0 saturated carbocycles. The zero-order valence-electron chi connectivity index (χ0n) is 12.7. The number of hydrogen-bond donors (Lipinski definition) is 2. The summed E-state index contributed by atoms with van der Waals surface area (Å²) in [7, 11) is 1.60. The number of ether oxygens (including phenoxy) is 1. The Labute approximate surface area is 132 Å². The molecule has 0 spiro atoms. The van der Waals surface area contributed by atoms with Gasteiger partial charge >= 0.3 is 5.97 Å². The molecule has 0 atom stereocenters. The number of nitrogens with one attached hydrogen (secondary N) is 1. The second kappa shape index (κ2) is 6.12. The van der Waals surface area contributed by atoms with Crippen molar-refractivity contribution in [3.63, 3.8) is 0 Å². The quantitative estimate of drug-likeness (QED) is 0.869. The Balaban J connectivity index is 1.82. The van der Waals surface area contributed by atoms with Crippen LogP contribution in [0.25, 0.3) is 10.9 Å². The number of carbonyl (C=O) groups excluding carboxylic acids is 1. The molecule has 2 heterocycles. The van der Waals surface area contributed by atoms with Crippen molar-refractivity contribution in [2.75, 3.05) is 18.7 Å². The predicted molar refractivity (Wildman–Crippen MR) is 84.4 cm³/mol. The van der Waals surface area contributed by atoms with Crippen molar-refractivity contribution in [2.45, 2.75) is 19.3 Å². The van der Waals surface area contributed by atoms with Crippen molar-refractivity contribution in [3.8, 4) is 5.75 Å². The lowest BCUT2D eigenvalue weighted by Crippen LogP contribution is -2.41. The molecule has 7 nitrogen and oxygen atoms in total. The van der Waals surface area contributed by atoms with Crippen LogP contribution >= 0.6 is 0 Å². The van der Waals surface area contributed by atoms with Crippen LogP contribution in [0.5, 0.6) is 5.75 Å². The van der Waals surface area contributed by atoms with E-state index in [-0.39, 0.29) is 18.7 Å². The molecule has 23 heavy (non-hydrogen) atoms. The van der Waals surface area contributed by atoms with Gasteiger partial charge in [-0.3, -0.25) is 20.0 Å². The Morgan fingerprint density at radius 3 is 2.91 bits per heavy atom. The van der Waals surface area contributed by atoms with Gasteiger partial charge in [0.1, 0.15) is 5.75 Å². The monoisotopic (exact) mass is 315 g/mol. The molecule has 1 aromatic carbocycles. The Hall–Kier alpha value is -2.83. The lowest BCUT2D eigenvalue weighted by Gasteiger charge is -2.19. The molecule has 0 radical (unpaired) electrons. The minimum Gasteiger partial charge on any atom is -0.497 e. The number of methoxy groups -OCH3 is 1. The summed E-state index contributed by atoms with van der Waals surface area (Å²) in [5.41, 5.74) is 4.56. The number of benzene rings is 1. The average Bonchev–Trinajstić information content (AvgIpc) is 2.92. The van der Waals surface area contributed by atoms with Gasteiger partial charge < -0.3 is 9.84 Å². The number of pyridine rings is 1. The van der Waals surface area contributed by atoms with Crippen molar-refractivity contribution in [3.05, 3.63) is 29.8 Å². The van der Waals surface area contributed by atoms with Gasteiger partial charge in [0, 0.05) is 24.4 Å². The van der Waals surface area contributed by atoms with E-state index in [4.69, 9.17) is 9.84 Å². The molecule has 7 heteroatoms. The minimum atomic E-state index is -0.988. The van der Waals surface area contributed by atoms with Gasteiger partial charge in [0.25, 0.3) is 0 Å². The molecule has 2 aromatic rings. The van der Waals surface area contributed by atoms with E-state index in [1.165, 1.54) is 0 Å². The van der Waals surface area contributed by atoms with Gasteiger partial charge in [0.05, 0.1) is 19.0 Å². The standard InChI is InChI=1S/C16H17N3O4/c1-23-12-3-2-10-8-11-6-7-19(16(11)17-13(10)9-12)18-14(20)4-5-15(21)22/h2-3,8-9H,4-7H2,1H3,(H,18,20)(H,21,22). The Morgan fingerprint density at radius 1 is 1.35 bits per heavy atom.